The van der Waals surface area contributed by atoms with Crippen molar-refractivity contribution in [1.82, 2.24) is 5.32 Å². The van der Waals surface area contributed by atoms with Gasteiger partial charge >= 0.3 is 5.97 Å². The Bertz CT molecular complexity index is 1190. The van der Waals surface area contributed by atoms with Gasteiger partial charge in [0.15, 0.2) is 6.61 Å². The van der Waals surface area contributed by atoms with Crippen LogP contribution in [-0.4, -0.2) is 46.6 Å². The Morgan fingerprint density at radius 1 is 1.10 bits per heavy atom. The average molecular weight is 535 g/mol. The summed E-state index contributed by atoms with van der Waals surface area (Å²) in [6.45, 7) is 6.71. The summed E-state index contributed by atoms with van der Waals surface area (Å²) in [6.07, 6.45) is 12.7. The summed E-state index contributed by atoms with van der Waals surface area (Å²) in [6, 6.07) is 9.34. The lowest BCUT2D eigenvalue weighted by Crippen LogP contribution is -2.53. The molecular weight excluding hydrogens is 492 g/mol. The van der Waals surface area contributed by atoms with Crippen molar-refractivity contribution in [2.24, 2.45) is 33.7 Å². The minimum Gasteiger partial charge on any atom is -0.481 e. The molecule has 0 aromatic heterocycles. The normalized spacial score (nSPS) is 36.8. The van der Waals surface area contributed by atoms with Gasteiger partial charge in [0.05, 0.1) is 12.0 Å². The number of carbonyl (C=O) groups is 2. The maximum Gasteiger partial charge on any atom is 0.304 e. The summed E-state index contributed by atoms with van der Waals surface area (Å²) in [5.74, 6) is 0.219. The van der Waals surface area contributed by atoms with Crippen molar-refractivity contribution in [3.05, 3.63) is 59.7 Å². The Labute approximate surface area is 231 Å². The van der Waals surface area contributed by atoms with Crippen molar-refractivity contribution in [2.75, 3.05) is 13.2 Å². The van der Waals surface area contributed by atoms with Gasteiger partial charge in [-0.1, -0.05) is 61.0 Å². The molecule has 3 saturated carbocycles. The lowest BCUT2D eigenvalue weighted by molar-refractivity contribution is -0.137. The second-order valence-electron chi connectivity index (χ2n) is 12.8. The number of carboxylic acids is 1. The molecule has 0 unspecified atom stereocenters. The highest BCUT2D eigenvalue weighted by Crippen LogP contribution is 2.66. The van der Waals surface area contributed by atoms with Crippen molar-refractivity contribution < 1.29 is 24.6 Å². The monoisotopic (exact) mass is 534 g/mol. The summed E-state index contributed by atoms with van der Waals surface area (Å²) in [7, 11) is 0. The first kappa shape index (κ1) is 27.6. The molecule has 1 aromatic rings. The molecule has 0 heterocycles. The fourth-order valence-corrected chi connectivity index (χ4v) is 8.21. The van der Waals surface area contributed by atoms with E-state index in [2.05, 4.69) is 36.5 Å². The third-order valence-corrected chi connectivity index (χ3v) is 10.7. The van der Waals surface area contributed by atoms with E-state index in [9.17, 15) is 19.8 Å². The molecule has 0 radical (unpaired) electrons. The number of nitrogens with one attached hydrogen (secondary N) is 1. The van der Waals surface area contributed by atoms with Gasteiger partial charge in [-0.25, -0.2) is 0 Å². The Kier molecular flexibility index (Phi) is 7.49. The summed E-state index contributed by atoms with van der Waals surface area (Å²) in [5.41, 5.74) is 2.41. The van der Waals surface area contributed by atoms with Crippen LogP contribution in [0.1, 0.15) is 77.2 Å². The Balaban J connectivity index is 1.17. The molecule has 0 spiro atoms. The van der Waals surface area contributed by atoms with Gasteiger partial charge in [0.25, 0.3) is 5.91 Å². The van der Waals surface area contributed by atoms with Crippen molar-refractivity contribution >= 4 is 17.6 Å². The van der Waals surface area contributed by atoms with Crippen LogP contribution in [0.25, 0.3) is 0 Å². The number of hydrogen-bond acceptors (Lipinski definition) is 5. The van der Waals surface area contributed by atoms with Crippen LogP contribution >= 0.6 is 0 Å². The SMILES string of the molecule is C[C@]12C=C/C(=N/OCC(=O)NC[C@@H](CC(=O)O)c3ccccc3)C=C1CC[C@@H]1[C@@H]2CC[C@@]2(C)[C@H]1CC[C@]2(C)O. The number of carboxylic acid groups (broad SMARTS) is 1. The van der Waals surface area contributed by atoms with E-state index in [4.69, 9.17) is 4.84 Å². The number of fused-ring (bicyclic) bond motifs is 5. The van der Waals surface area contributed by atoms with Crippen LogP contribution in [-0.2, 0) is 14.4 Å². The third-order valence-electron chi connectivity index (χ3n) is 10.7. The summed E-state index contributed by atoms with van der Waals surface area (Å²) < 4.78 is 0. The first-order valence-electron chi connectivity index (χ1n) is 14.4. The van der Waals surface area contributed by atoms with Gasteiger partial charge in [0, 0.05) is 17.9 Å². The maximum atomic E-state index is 12.4. The van der Waals surface area contributed by atoms with E-state index in [1.165, 1.54) is 5.57 Å². The number of hydrogen-bond donors (Lipinski definition) is 3. The zero-order valence-corrected chi connectivity index (χ0v) is 23.4. The molecule has 0 bridgehead atoms. The molecule has 210 valence electrons. The van der Waals surface area contributed by atoms with Gasteiger partial charge in [-0.2, -0.15) is 0 Å². The molecule has 3 N–H and O–H groups in total. The highest BCUT2D eigenvalue weighted by atomic mass is 16.6. The lowest BCUT2D eigenvalue weighted by Gasteiger charge is -2.58. The number of allylic oxidation sites excluding steroid dienone is 4. The van der Waals surface area contributed by atoms with Gasteiger partial charge in [-0.05, 0) is 86.3 Å². The van der Waals surface area contributed by atoms with Gasteiger partial charge < -0.3 is 20.4 Å². The fourth-order valence-electron chi connectivity index (χ4n) is 8.21. The van der Waals surface area contributed by atoms with Gasteiger partial charge in [-0.3, -0.25) is 9.59 Å². The maximum absolute atomic E-state index is 12.4. The van der Waals surface area contributed by atoms with E-state index >= 15 is 0 Å². The topological polar surface area (TPSA) is 108 Å². The van der Waals surface area contributed by atoms with E-state index in [1.54, 1.807) is 0 Å². The minimum atomic E-state index is -0.906. The number of amides is 1. The van der Waals surface area contributed by atoms with Gasteiger partial charge in [-0.15, -0.1) is 0 Å². The molecule has 4 aliphatic carbocycles. The first-order chi connectivity index (χ1) is 18.5. The number of benzene rings is 1. The molecule has 39 heavy (non-hydrogen) atoms. The standard InChI is InChI=1S/C32H42N2O5/c1-30-14-11-24(34-39-20-28(35)33-19-22(17-29(36)37)21-7-5-4-6-8-21)18-23(30)9-10-25-26(30)12-15-31(2)27(25)13-16-32(31,3)38/h4-8,11,14,18,22,25-27,38H,9-10,12-13,15-17,19-20H2,1-3H3,(H,33,35)(H,36,37)/b34-24-/t22-,25-,26+,27+,30+,31+,32+/m1/s1. The number of aliphatic carboxylic acids is 1. The predicted molar refractivity (Wildman–Crippen MR) is 150 cm³/mol. The zero-order valence-electron chi connectivity index (χ0n) is 23.4. The predicted octanol–water partition coefficient (Wildman–Crippen LogP) is 5.22. The van der Waals surface area contributed by atoms with Crippen molar-refractivity contribution in [3.63, 3.8) is 0 Å². The van der Waals surface area contributed by atoms with Gasteiger partial charge in [0.2, 0.25) is 0 Å². The number of aliphatic hydroxyl groups is 1. The molecule has 7 nitrogen and oxygen atoms in total. The Morgan fingerprint density at radius 2 is 1.85 bits per heavy atom. The molecule has 4 aliphatic rings. The smallest absolute Gasteiger partial charge is 0.304 e. The van der Waals surface area contributed by atoms with Crippen molar-refractivity contribution in [2.45, 2.75) is 77.2 Å². The van der Waals surface area contributed by atoms with Crippen LogP contribution in [0.5, 0.6) is 0 Å². The highest BCUT2D eigenvalue weighted by molar-refractivity contribution is 6.05. The van der Waals surface area contributed by atoms with Crippen LogP contribution in [0.3, 0.4) is 0 Å². The van der Waals surface area contributed by atoms with E-state index in [0.717, 1.165) is 44.1 Å². The van der Waals surface area contributed by atoms with E-state index in [0.29, 0.717) is 23.5 Å². The molecule has 7 atom stereocenters. The number of nitrogens with zero attached hydrogens (tertiary/aromatic N) is 1. The largest absolute Gasteiger partial charge is 0.481 e. The van der Waals surface area contributed by atoms with Crippen LogP contribution in [0.4, 0.5) is 0 Å². The molecule has 1 aromatic carbocycles. The molecule has 5 rings (SSSR count). The van der Waals surface area contributed by atoms with Crippen molar-refractivity contribution in [3.8, 4) is 0 Å². The van der Waals surface area contributed by atoms with Crippen LogP contribution in [0.15, 0.2) is 59.3 Å². The number of carbonyl (C=O) groups excluding carboxylic acids is 1. The molecule has 0 saturated heterocycles. The molecule has 7 heteroatoms. The molecular formula is C32H42N2O5. The molecule has 3 fully saturated rings. The van der Waals surface area contributed by atoms with Crippen LogP contribution < -0.4 is 5.32 Å². The fraction of sp³-hybridized carbons (Fsp3) is 0.594. The number of oxime groups is 1. The van der Waals surface area contributed by atoms with E-state index in [-0.39, 0.29) is 42.2 Å². The Morgan fingerprint density at radius 3 is 2.59 bits per heavy atom. The van der Waals surface area contributed by atoms with Crippen LogP contribution in [0, 0.1) is 28.6 Å². The summed E-state index contributed by atoms with van der Waals surface area (Å²) in [4.78, 5) is 29.1. The highest BCUT2D eigenvalue weighted by Gasteiger charge is 2.61. The average Bonchev–Trinajstić information content (AvgIpc) is 3.15. The third kappa shape index (κ3) is 5.18. The molecule has 0 aliphatic heterocycles. The minimum absolute atomic E-state index is 0.00825. The lowest BCUT2D eigenvalue weighted by atomic mass is 9.47. The Hall–Kier alpha value is -2.93. The molecule has 1 amide bonds. The van der Waals surface area contributed by atoms with Gasteiger partial charge in [0.1, 0.15) is 5.71 Å². The second-order valence-corrected chi connectivity index (χ2v) is 12.8. The summed E-state index contributed by atoms with van der Waals surface area (Å²) in [5, 5.41) is 27.4. The zero-order chi connectivity index (χ0) is 27.8. The van der Waals surface area contributed by atoms with E-state index in [1.807, 2.05) is 43.3 Å². The quantitative estimate of drug-likeness (QED) is 0.396. The van der Waals surface area contributed by atoms with Crippen LogP contribution in [0.2, 0.25) is 0 Å². The second kappa shape index (κ2) is 10.6. The first-order valence-corrected chi connectivity index (χ1v) is 14.4. The van der Waals surface area contributed by atoms with Crippen molar-refractivity contribution in [1.29, 1.82) is 0 Å². The van der Waals surface area contributed by atoms with E-state index < -0.39 is 11.6 Å². The summed E-state index contributed by atoms with van der Waals surface area (Å²) >= 11 is 0. The number of rotatable bonds is 8.